The average molecular weight is 717 g/mol. The van der Waals surface area contributed by atoms with Crippen molar-refractivity contribution in [1.29, 1.82) is 0 Å². The van der Waals surface area contributed by atoms with Crippen molar-refractivity contribution in [3.8, 4) is 34.3 Å². The number of fused-ring (bicyclic) bond motifs is 2. The lowest BCUT2D eigenvalue weighted by atomic mass is 10.1. The number of imidazole rings is 2. The summed E-state index contributed by atoms with van der Waals surface area (Å²) in [5.74, 6) is 2.60. The van der Waals surface area contributed by atoms with Crippen LogP contribution >= 0.6 is 0 Å². The summed E-state index contributed by atoms with van der Waals surface area (Å²) in [6.07, 6.45) is 7.21. The minimum Gasteiger partial charge on any atom is -0.329 e. The van der Waals surface area contributed by atoms with Gasteiger partial charge in [-0.05, 0) is 104 Å². The van der Waals surface area contributed by atoms with E-state index in [0.29, 0.717) is 23.2 Å². The molecule has 0 aliphatic heterocycles. The maximum atomic E-state index is 5.18. The minimum absolute atomic E-state index is 0.480. The summed E-state index contributed by atoms with van der Waals surface area (Å²) in [6, 6.07) is 40.4. The first-order valence-electron chi connectivity index (χ1n) is 18.0. The lowest BCUT2D eigenvalue weighted by Gasteiger charge is -2.21. The van der Waals surface area contributed by atoms with Crippen LogP contribution in [0.15, 0.2) is 145 Å². The maximum Gasteiger partial charge on any atom is 0.165 e. The summed E-state index contributed by atoms with van der Waals surface area (Å²) >= 11 is 0. The fraction of sp³-hybridized carbons (Fsp3) is 0.0889. The number of aromatic nitrogens is 8. The standard InChI is InChI=1S/C45H36N10/c1-29-14-5-8-20-37(29)53(4)41-32(17-11-23-46-41)28-49-40-27-33(42-51-34-18-12-24-47-43(34)54(42)38-21-9-6-15-30(38)2)26-36(50-40)45-52-35-19-13-25-48-44(35)55(45)39-22-10-7-16-31(39)3/h5-28H,1-4H3/b49-28+. The van der Waals surface area contributed by atoms with Crippen molar-refractivity contribution in [2.75, 3.05) is 11.9 Å². The Kier molecular flexibility index (Phi) is 8.47. The van der Waals surface area contributed by atoms with E-state index in [0.717, 1.165) is 73.0 Å². The van der Waals surface area contributed by atoms with Gasteiger partial charge in [-0.2, -0.15) is 0 Å². The zero-order chi connectivity index (χ0) is 37.5. The molecule has 10 heteroatoms. The quantitative estimate of drug-likeness (QED) is 0.144. The fourth-order valence-corrected chi connectivity index (χ4v) is 7.08. The van der Waals surface area contributed by atoms with E-state index in [-0.39, 0.29) is 0 Å². The molecule has 0 N–H and O–H groups in total. The average Bonchev–Trinajstić information content (AvgIpc) is 3.80. The van der Waals surface area contributed by atoms with Gasteiger partial charge in [-0.1, -0.05) is 54.6 Å². The SMILES string of the molecule is Cc1ccccc1N(C)c1ncccc1/C=N/c1cc(-c2nc3cccnc3n2-c2ccccc2C)cc(-c2nc3cccnc3n2-c2ccccc2C)n1. The topological polar surface area (TPSA) is 103 Å². The van der Waals surface area contributed by atoms with E-state index < -0.39 is 0 Å². The van der Waals surface area contributed by atoms with Crippen LogP contribution in [0.3, 0.4) is 0 Å². The van der Waals surface area contributed by atoms with E-state index in [1.807, 2.05) is 98.2 Å². The number of pyridine rings is 4. The van der Waals surface area contributed by atoms with Crippen molar-refractivity contribution in [1.82, 2.24) is 39.0 Å². The third-order valence-electron chi connectivity index (χ3n) is 9.79. The van der Waals surface area contributed by atoms with E-state index in [2.05, 4.69) is 71.2 Å². The van der Waals surface area contributed by atoms with Gasteiger partial charge >= 0.3 is 0 Å². The molecule has 0 atom stereocenters. The van der Waals surface area contributed by atoms with E-state index >= 15 is 0 Å². The van der Waals surface area contributed by atoms with Gasteiger partial charge in [-0.15, -0.1) is 0 Å². The molecule has 0 saturated heterocycles. The number of aryl methyl sites for hydroxylation is 3. The van der Waals surface area contributed by atoms with Gasteiger partial charge in [0, 0.05) is 48.7 Å². The molecule has 9 rings (SSSR count). The number of anilines is 2. The molecular formula is C45H36N10. The number of rotatable bonds is 8. The van der Waals surface area contributed by atoms with Crippen LogP contribution in [-0.4, -0.2) is 52.3 Å². The molecule has 0 amide bonds. The van der Waals surface area contributed by atoms with Gasteiger partial charge in [0.25, 0.3) is 0 Å². The molecule has 266 valence electrons. The van der Waals surface area contributed by atoms with Crippen LogP contribution < -0.4 is 4.90 Å². The smallest absolute Gasteiger partial charge is 0.165 e. The third-order valence-corrected chi connectivity index (χ3v) is 9.79. The Bertz CT molecular complexity index is 2760. The fourth-order valence-electron chi connectivity index (χ4n) is 7.08. The molecule has 10 nitrogen and oxygen atoms in total. The molecular weight excluding hydrogens is 681 g/mol. The van der Waals surface area contributed by atoms with Crippen LogP contribution in [0.4, 0.5) is 17.3 Å². The third kappa shape index (κ3) is 6.09. The minimum atomic E-state index is 0.480. The molecule has 6 heterocycles. The van der Waals surface area contributed by atoms with Crippen LogP contribution in [0.25, 0.3) is 56.6 Å². The highest BCUT2D eigenvalue weighted by atomic mass is 15.2. The Morgan fingerprint density at radius 2 is 1.13 bits per heavy atom. The molecule has 6 aromatic heterocycles. The molecule has 0 aliphatic rings. The summed E-state index contributed by atoms with van der Waals surface area (Å²) in [4.78, 5) is 37.0. The number of benzene rings is 3. The van der Waals surface area contributed by atoms with E-state index in [9.17, 15) is 0 Å². The van der Waals surface area contributed by atoms with Crippen molar-refractivity contribution >= 4 is 45.9 Å². The van der Waals surface area contributed by atoms with Gasteiger partial charge in [-0.3, -0.25) is 9.13 Å². The molecule has 0 unspecified atom stereocenters. The van der Waals surface area contributed by atoms with Crippen LogP contribution in [0.2, 0.25) is 0 Å². The molecule has 0 fully saturated rings. The Labute approximate surface area is 318 Å². The molecule has 0 spiro atoms. The normalized spacial score (nSPS) is 11.6. The summed E-state index contributed by atoms with van der Waals surface area (Å²) in [7, 11) is 2.02. The molecule has 0 radical (unpaired) electrons. The van der Waals surface area contributed by atoms with E-state index in [1.54, 1.807) is 18.6 Å². The monoisotopic (exact) mass is 716 g/mol. The predicted molar refractivity (Wildman–Crippen MR) is 220 cm³/mol. The highest BCUT2D eigenvalue weighted by Crippen LogP contribution is 2.35. The number of para-hydroxylation sites is 3. The highest BCUT2D eigenvalue weighted by Gasteiger charge is 2.22. The van der Waals surface area contributed by atoms with Crippen LogP contribution in [-0.2, 0) is 0 Å². The number of hydrogen-bond donors (Lipinski definition) is 0. The van der Waals surface area contributed by atoms with Gasteiger partial charge in [0.05, 0.1) is 11.4 Å². The Morgan fingerprint density at radius 1 is 0.564 bits per heavy atom. The number of hydrogen-bond acceptors (Lipinski definition) is 8. The molecule has 55 heavy (non-hydrogen) atoms. The Hall–Kier alpha value is -7.33. The van der Waals surface area contributed by atoms with Crippen molar-refractivity contribution in [2.45, 2.75) is 20.8 Å². The maximum absolute atomic E-state index is 5.18. The Morgan fingerprint density at radius 3 is 1.78 bits per heavy atom. The second-order valence-corrected chi connectivity index (χ2v) is 13.4. The zero-order valence-corrected chi connectivity index (χ0v) is 30.8. The highest BCUT2D eigenvalue weighted by molar-refractivity contribution is 5.90. The second-order valence-electron chi connectivity index (χ2n) is 13.4. The number of nitrogens with zero attached hydrogens (tertiary/aromatic N) is 10. The lowest BCUT2D eigenvalue weighted by molar-refractivity contribution is 1.04. The zero-order valence-electron chi connectivity index (χ0n) is 30.8. The molecule has 3 aromatic carbocycles. The van der Waals surface area contributed by atoms with Gasteiger partial charge in [0.15, 0.2) is 22.9 Å². The van der Waals surface area contributed by atoms with Crippen molar-refractivity contribution in [3.63, 3.8) is 0 Å². The van der Waals surface area contributed by atoms with Crippen molar-refractivity contribution in [2.24, 2.45) is 4.99 Å². The van der Waals surface area contributed by atoms with E-state index in [1.165, 1.54) is 0 Å². The number of aliphatic imine (C=N–C) groups is 1. The summed E-state index contributed by atoms with van der Waals surface area (Å²) in [6.45, 7) is 6.28. The first-order chi connectivity index (χ1) is 26.9. The van der Waals surface area contributed by atoms with Gasteiger partial charge < -0.3 is 4.90 Å². The largest absolute Gasteiger partial charge is 0.329 e. The molecule has 0 bridgehead atoms. The second kappa shape index (κ2) is 13.9. The van der Waals surface area contributed by atoms with E-state index in [4.69, 9.17) is 34.9 Å². The summed E-state index contributed by atoms with van der Waals surface area (Å²) in [5, 5.41) is 0. The van der Waals surface area contributed by atoms with Gasteiger partial charge in [0.1, 0.15) is 28.4 Å². The Balaban J connectivity index is 1.28. The van der Waals surface area contributed by atoms with Crippen molar-refractivity contribution < 1.29 is 0 Å². The van der Waals surface area contributed by atoms with Gasteiger partial charge in [0.2, 0.25) is 0 Å². The van der Waals surface area contributed by atoms with Gasteiger partial charge in [-0.25, -0.2) is 34.9 Å². The molecule has 9 aromatic rings. The lowest BCUT2D eigenvalue weighted by Crippen LogP contribution is -2.14. The van der Waals surface area contributed by atoms with Crippen molar-refractivity contribution in [3.05, 3.63) is 162 Å². The van der Waals surface area contributed by atoms with Crippen LogP contribution in [0.1, 0.15) is 22.3 Å². The summed E-state index contributed by atoms with van der Waals surface area (Å²) < 4.78 is 4.19. The first-order valence-corrected chi connectivity index (χ1v) is 18.0. The van der Waals surface area contributed by atoms with Crippen LogP contribution in [0.5, 0.6) is 0 Å². The predicted octanol–water partition coefficient (Wildman–Crippen LogP) is 9.72. The first kappa shape index (κ1) is 33.5. The molecule has 0 aliphatic carbocycles. The summed E-state index contributed by atoms with van der Waals surface area (Å²) in [5.41, 5.74) is 11.6. The molecule has 0 saturated carbocycles. The van der Waals surface area contributed by atoms with Crippen LogP contribution in [0, 0.1) is 20.8 Å².